The second-order valence-corrected chi connectivity index (χ2v) is 5.36. The number of carbonyl (C=O) groups excluding carboxylic acids is 1. The van der Waals surface area contributed by atoms with Crippen molar-refractivity contribution >= 4 is 11.6 Å². The topological polar surface area (TPSA) is 41.9 Å². The van der Waals surface area contributed by atoms with Gasteiger partial charge in [0.15, 0.2) is 6.10 Å². The molecule has 0 spiro atoms. The van der Waals surface area contributed by atoms with Gasteiger partial charge in [-0.2, -0.15) is 0 Å². The van der Waals surface area contributed by atoms with Crippen molar-refractivity contribution in [1.29, 1.82) is 0 Å². The van der Waals surface area contributed by atoms with Gasteiger partial charge < -0.3 is 9.74 Å². The van der Waals surface area contributed by atoms with Gasteiger partial charge in [-0.1, -0.05) is 41.9 Å². The average molecular weight is 274 g/mol. The minimum atomic E-state index is -0.0305. The third-order valence-corrected chi connectivity index (χ3v) is 3.48. The molecule has 0 radical (unpaired) electrons. The normalized spacial score (nSPS) is 17.6. The van der Waals surface area contributed by atoms with Crippen molar-refractivity contribution in [3.8, 4) is 0 Å². The standard InChI is InChI=1S/C16H22N2O2/c1-4-5-16(19)18(3)11-14-10-15(17-20-14)13-8-6-12(2)7-9-13/h6-9,14H,4-5,10-11H2,1-3H3. The van der Waals surface area contributed by atoms with Gasteiger partial charge in [-0.3, -0.25) is 4.79 Å². The fraction of sp³-hybridized carbons (Fsp3) is 0.500. The Hall–Kier alpha value is -1.84. The number of benzene rings is 1. The summed E-state index contributed by atoms with van der Waals surface area (Å²) in [5.74, 6) is 0.167. The van der Waals surface area contributed by atoms with E-state index in [0.29, 0.717) is 13.0 Å². The molecule has 1 unspecified atom stereocenters. The highest BCUT2D eigenvalue weighted by molar-refractivity contribution is 6.01. The number of hydrogen-bond donors (Lipinski definition) is 0. The third-order valence-electron chi connectivity index (χ3n) is 3.48. The molecule has 1 aliphatic heterocycles. The van der Waals surface area contributed by atoms with E-state index >= 15 is 0 Å². The van der Waals surface area contributed by atoms with Crippen molar-refractivity contribution in [3.63, 3.8) is 0 Å². The molecule has 1 atom stereocenters. The Bertz CT molecular complexity index is 494. The van der Waals surface area contributed by atoms with Gasteiger partial charge >= 0.3 is 0 Å². The number of hydrogen-bond acceptors (Lipinski definition) is 3. The van der Waals surface area contributed by atoms with Crippen LogP contribution in [0.3, 0.4) is 0 Å². The van der Waals surface area contributed by atoms with Gasteiger partial charge in [0, 0.05) is 19.9 Å². The van der Waals surface area contributed by atoms with E-state index in [1.807, 2.05) is 14.0 Å². The Kier molecular flexibility index (Phi) is 4.77. The quantitative estimate of drug-likeness (QED) is 0.828. The summed E-state index contributed by atoms with van der Waals surface area (Å²) in [6, 6.07) is 8.27. The lowest BCUT2D eigenvalue weighted by molar-refractivity contribution is -0.131. The molecule has 2 rings (SSSR count). The molecule has 4 nitrogen and oxygen atoms in total. The van der Waals surface area contributed by atoms with Crippen LogP contribution in [0.2, 0.25) is 0 Å². The van der Waals surface area contributed by atoms with Gasteiger partial charge in [-0.05, 0) is 18.9 Å². The molecule has 108 valence electrons. The maximum Gasteiger partial charge on any atom is 0.222 e. The number of aryl methyl sites for hydroxylation is 1. The lowest BCUT2D eigenvalue weighted by atomic mass is 10.0. The van der Waals surface area contributed by atoms with Gasteiger partial charge in [0.25, 0.3) is 0 Å². The summed E-state index contributed by atoms with van der Waals surface area (Å²) in [6.45, 7) is 4.67. The van der Waals surface area contributed by atoms with E-state index in [9.17, 15) is 4.79 Å². The van der Waals surface area contributed by atoms with E-state index in [2.05, 4.69) is 36.3 Å². The van der Waals surface area contributed by atoms with Gasteiger partial charge in [-0.15, -0.1) is 0 Å². The zero-order chi connectivity index (χ0) is 14.5. The monoisotopic (exact) mass is 274 g/mol. The first kappa shape index (κ1) is 14.6. The molecule has 1 aromatic rings. The van der Waals surface area contributed by atoms with Crippen LogP contribution in [0.1, 0.15) is 37.3 Å². The highest BCUT2D eigenvalue weighted by Gasteiger charge is 2.24. The van der Waals surface area contributed by atoms with E-state index in [4.69, 9.17) is 4.84 Å². The Labute approximate surface area is 120 Å². The Morgan fingerprint density at radius 3 is 2.75 bits per heavy atom. The van der Waals surface area contributed by atoms with Crippen LogP contribution in [0.4, 0.5) is 0 Å². The zero-order valence-electron chi connectivity index (χ0n) is 12.4. The highest BCUT2D eigenvalue weighted by Crippen LogP contribution is 2.18. The van der Waals surface area contributed by atoms with Crippen molar-refractivity contribution in [2.24, 2.45) is 5.16 Å². The minimum absolute atomic E-state index is 0.0305. The third kappa shape index (κ3) is 3.59. The van der Waals surface area contributed by atoms with Gasteiger partial charge in [-0.25, -0.2) is 0 Å². The minimum Gasteiger partial charge on any atom is -0.390 e. The summed E-state index contributed by atoms with van der Waals surface area (Å²) in [7, 11) is 1.82. The Morgan fingerprint density at radius 1 is 1.40 bits per heavy atom. The first-order chi connectivity index (χ1) is 9.60. The Morgan fingerprint density at radius 2 is 2.10 bits per heavy atom. The van der Waals surface area contributed by atoms with Gasteiger partial charge in [0.2, 0.25) is 5.91 Å². The number of carbonyl (C=O) groups is 1. The molecule has 1 aliphatic rings. The van der Waals surface area contributed by atoms with E-state index in [1.54, 1.807) is 4.90 Å². The molecule has 1 heterocycles. The lowest BCUT2D eigenvalue weighted by Crippen LogP contribution is -2.34. The summed E-state index contributed by atoms with van der Waals surface area (Å²) in [4.78, 5) is 18.9. The fourth-order valence-electron chi connectivity index (χ4n) is 2.25. The molecule has 0 N–H and O–H groups in total. The smallest absolute Gasteiger partial charge is 0.222 e. The van der Waals surface area contributed by atoms with Crippen LogP contribution in [0.25, 0.3) is 0 Å². The van der Waals surface area contributed by atoms with Crippen LogP contribution in [0.15, 0.2) is 29.4 Å². The van der Waals surface area contributed by atoms with Crippen molar-refractivity contribution in [2.75, 3.05) is 13.6 Å². The molecular formula is C16H22N2O2. The van der Waals surface area contributed by atoms with Crippen LogP contribution in [-0.2, 0) is 9.63 Å². The summed E-state index contributed by atoms with van der Waals surface area (Å²) >= 11 is 0. The molecule has 4 heteroatoms. The molecule has 0 bridgehead atoms. The molecule has 20 heavy (non-hydrogen) atoms. The lowest BCUT2D eigenvalue weighted by Gasteiger charge is -2.19. The van der Waals surface area contributed by atoms with E-state index in [-0.39, 0.29) is 12.0 Å². The summed E-state index contributed by atoms with van der Waals surface area (Å²) in [6.07, 6.45) is 2.19. The van der Waals surface area contributed by atoms with Gasteiger partial charge in [0.1, 0.15) is 0 Å². The van der Waals surface area contributed by atoms with E-state index in [0.717, 1.165) is 24.1 Å². The zero-order valence-corrected chi connectivity index (χ0v) is 12.4. The second kappa shape index (κ2) is 6.55. The van der Waals surface area contributed by atoms with Crippen molar-refractivity contribution in [1.82, 2.24) is 4.90 Å². The molecule has 0 saturated heterocycles. The van der Waals surface area contributed by atoms with E-state index < -0.39 is 0 Å². The number of likely N-dealkylation sites (N-methyl/N-ethyl adjacent to an activating group) is 1. The largest absolute Gasteiger partial charge is 0.390 e. The van der Waals surface area contributed by atoms with Crippen LogP contribution < -0.4 is 0 Å². The first-order valence-corrected chi connectivity index (χ1v) is 7.14. The van der Waals surface area contributed by atoms with Crippen LogP contribution in [-0.4, -0.2) is 36.2 Å². The van der Waals surface area contributed by atoms with Crippen molar-refractivity contribution in [2.45, 2.75) is 39.2 Å². The van der Waals surface area contributed by atoms with Crippen LogP contribution >= 0.6 is 0 Å². The van der Waals surface area contributed by atoms with Gasteiger partial charge in [0.05, 0.1) is 12.3 Å². The first-order valence-electron chi connectivity index (χ1n) is 7.14. The summed E-state index contributed by atoms with van der Waals surface area (Å²) in [5.41, 5.74) is 3.29. The maximum atomic E-state index is 11.8. The Balaban J connectivity index is 1.88. The SMILES string of the molecule is CCCC(=O)N(C)CC1CC(c2ccc(C)cc2)=NO1. The molecule has 0 aromatic heterocycles. The second-order valence-electron chi connectivity index (χ2n) is 5.36. The predicted octanol–water partition coefficient (Wildman–Crippen LogP) is 2.75. The number of amides is 1. The summed E-state index contributed by atoms with van der Waals surface area (Å²) < 4.78 is 0. The number of oxime groups is 1. The molecule has 1 amide bonds. The maximum absolute atomic E-state index is 11.8. The molecular weight excluding hydrogens is 252 g/mol. The molecule has 1 aromatic carbocycles. The number of nitrogens with zero attached hydrogens (tertiary/aromatic N) is 2. The fourth-order valence-corrected chi connectivity index (χ4v) is 2.25. The predicted molar refractivity (Wildman–Crippen MR) is 79.8 cm³/mol. The van der Waals surface area contributed by atoms with Crippen LogP contribution in [0.5, 0.6) is 0 Å². The van der Waals surface area contributed by atoms with Crippen molar-refractivity contribution in [3.05, 3.63) is 35.4 Å². The molecule has 0 aliphatic carbocycles. The summed E-state index contributed by atoms with van der Waals surface area (Å²) in [5, 5.41) is 4.15. The number of rotatable bonds is 5. The van der Waals surface area contributed by atoms with Crippen LogP contribution in [0, 0.1) is 6.92 Å². The molecule has 0 saturated carbocycles. The average Bonchev–Trinajstić information content (AvgIpc) is 2.88. The van der Waals surface area contributed by atoms with E-state index in [1.165, 1.54) is 5.56 Å². The highest BCUT2D eigenvalue weighted by atomic mass is 16.6. The molecule has 0 fully saturated rings. The van der Waals surface area contributed by atoms with Crippen molar-refractivity contribution < 1.29 is 9.63 Å².